The maximum absolute atomic E-state index is 10.6. The number of hydrogen-bond donors (Lipinski definition) is 1. The van der Waals surface area contributed by atoms with Crippen molar-refractivity contribution < 1.29 is 42.0 Å². The number of halogens is 3. The summed E-state index contributed by atoms with van der Waals surface area (Å²) in [6.07, 6.45) is -0.387. The van der Waals surface area contributed by atoms with Crippen LogP contribution in [0.5, 0.6) is 5.75 Å². The molecule has 1 unspecified atom stereocenters. The molecule has 1 aromatic rings. The topological polar surface area (TPSA) is 77.5 Å². The number of methoxy groups -OCH3 is 1. The summed E-state index contributed by atoms with van der Waals surface area (Å²) in [6, 6.07) is 8.33. The normalized spacial score (nSPS) is 23.3. The van der Waals surface area contributed by atoms with Crippen molar-refractivity contribution in [2.75, 3.05) is 46.6 Å². The Labute approximate surface area is 191 Å². The number of alkyl halides is 3. The summed E-state index contributed by atoms with van der Waals surface area (Å²) in [5.41, 5.74) is 1.31. The van der Waals surface area contributed by atoms with Crippen LogP contribution in [0.15, 0.2) is 24.3 Å². The van der Waals surface area contributed by atoms with E-state index in [2.05, 4.69) is 23.1 Å². The molecule has 0 saturated carbocycles. The van der Waals surface area contributed by atoms with Crippen LogP contribution in [-0.4, -0.2) is 80.5 Å². The van der Waals surface area contributed by atoms with Crippen LogP contribution in [0.3, 0.4) is 0 Å². The molecule has 1 spiro atoms. The first-order valence-corrected chi connectivity index (χ1v) is 11.2. The summed E-state index contributed by atoms with van der Waals surface area (Å²) in [5.74, 6) is -1.16. The first-order valence-electron chi connectivity index (χ1n) is 11.2. The van der Waals surface area contributed by atoms with Crippen molar-refractivity contribution in [3.05, 3.63) is 29.8 Å². The Morgan fingerprint density at radius 2 is 1.91 bits per heavy atom. The molecule has 0 amide bonds. The molecule has 3 aliphatic heterocycles. The lowest BCUT2D eigenvalue weighted by Crippen LogP contribution is -2.65. The predicted octanol–water partition coefficient (Wildman–Crippen LogP) is 3.51. The highest BCUT2D eigenvalue weighted by atomic mass is 19.4. The number of carbonyl (C=O) groups is 1. The average Bonchev–Trinajstić information content (AvgIpc) is 2.77. The van der Waals surface area contributed by atoms with Crippen LogP contribution < -0.4 is 4.74 Å². The zero-order chi connectivity index (χ0) is 23.9. The summed E-state index contributed by atoms with van der Waals surface area (Å²) in [5, 5.41) is 7.12. The van der Waals surface area contributed by atoms with Crippen LogP contribution >= 0.6 is 0 Å². The van der Waals surface area contributed by atoms with E-state index in [9.17, 15) is 13.2 Å². The monoisotopic (exact) mass is 475 g/mol. The standard InChI is InChI=1S/C21H31NO4.C2HF3O2/c1-23-19-4-2-3-18(11-19)13-22-15-21(16-22)12-20(7-10-26-21)25-14-17-5-8-24-9-6-17;3-2(4,5)1(6)7/h2-4,11,17,20H,5-10,12-16H2,1H3;(H,6,7). The minimum Gasteiger partial charge on any atom is -0.497 e. The molecule has 0 radical (unpaired) electrons. The van der Waals surface area contributed by atoms with E-state index in [0.29, 0.717) is 12.0 Å². The second-order valence-electron chi connectivity index (χ2n) is 8.83. The molecule has 3 heterocycles. The van der Waals surface area contributed by atoms with E-state index in [1.54, 1.807) is 7.11 Å². The van der Waals surface area contributed by atoms with Gasteiger partial charge < -0.3 is 24.1 Å². The molecule has 1 aromatic carbocycles. The first kappa shape index (κ1) is 25.7. The Kier molecular flexibility index (Phi) is 8.97. The molecule has 1 N–H and O–H groups in total. The Hall–Kier alpha value is -1.88. The smallest absolute Gasteiger partial charge is 0.490 e. The molecule has 4 rings (SSSR count). The van der Waals surface area contributed by atoms with Gasteiger partial charge in [-0.05, 0) is 42.9 Å². The van der Waals surface area contributed by atoms with Crippen LogP contribution in [0.2, 0.25) is 0 Å². The van der Waals surface area contributed by atoms with E-state index in [4.69, 9.17) is 28.8 Å². The molecule has 33 heavy (non-hydrogen) atoms. The fourth-order valence-electron chi connectivity index (χ4n) is 4.44. The third-order valence-electron chi connectivity index (χ3n) is 6.16. The summed E-state index contributed by atoms with van der Waals surface area (Å²) in [4.78, 5) is 11.3. The number of carboxylic acids is 1. The molecule has 10 heteroatoms. The number of benzene rings is 1. The van der Waals surface area contributed by atoms with E-state index in [1.807, 2.05) is 6.07 Å². The van der Waals surface area contributed by atoms with Crippen LogP contribution in [0.4, 0.5) is 13.2 Å². The molecule has 7 nitrogen and oxygen atoms in total. The Morgan fingerprint density at radius 3 is 2.55 bits per heavy atom. The number of ether oxygens (including phenoxy) is 4. The lowest BCUT2D eigenvalue weighted by molar-refractivity contribution is -0.201. The minimum absolute atomic E-state index is 0.0114. The molecule has 3 saturated heterocycles. The lowest BCUT2D eigenvalue weighted by Gasteiger charge is -2.53. The van der Waals surface area contributed by atoms with Crippen molar-refractivity contribution >= 4 is 5.97 Å². The predicted molar refractivity (Wildman–Crippen MR) is 113 cm³/mol. The van der Waals surface area contributed by atoms with Gasteiger partial charge in [0.1, 0.15) is 5.75 Å². The third-order valence-corrected chi connectivity index (χ3v) is 6.16. The highest BCUT2D eigenvalue weighted by molar-refractivity contribution is 5.73. The summed E-state index contributed by atoms with van der Waals surface area (Å²) < 4.78 is 54.9. The first-order chi connectivity index (χ1) is 15.7. The number of hydrogen-bond acceptors (Lipinski definition) is 6. The van der Waals surface area contributed by atoms with Gasteiger partial charge >= 0.3 is 12.1 Å². The fourth-order valence-corrected chi connectivity index (χ4v) is 4.44. The Balaban J connectivity index is 0.000000383. The number of aliphatic carboxylic acids is 1. The van der Waals surface area contributed by atoms with Gasteiger partial charge in [0.05, 0.1) is 18.8 Å². The van der Waals surface area contributed by atoms with Gasteiger partial charge in [0.25, 0.3) is 0 Å². The van der Waals surface area contributed by atoms with Gasteiger partial charge in [-0.15, -0.1) is 0 Å². The number of rotatable bonds is 6. The zero-order valence-corrected chi connectivity index (χ0v) is 18.8. The third kappa shape index (κ3) is 7.84. The van der Waals surface area contributed by atoms with E-state index in [-0.39, 0.29) is 5.60 Å². The minimum atomic E-state index is -5.08. The van der Waals surface area contributed by atoms with E-state index in [0.717, 1.165) is 77.5 Å². The molecular formula is C23H32F3NO6. The second-order valence-corrected chi connectivity index (χ2v) is 8.83. The Morgan fingerprint density at radius 1 is 1.21 bits per heavy atom. The van der Waals surface area contributed by atoms with Crippen LogP contribution in [0, 0.1) is 5.92 Å². The summed E-state index contributed by atoms with van der Waals surface area (Å²) >= 11 is 0. The maximum atomic E-state index is 10.6. The van der Waals surface area contributed by atoms with Crippen LogP contribution in [0.1, 0.15) is 31.2 Å². The van der Waals surface area contributed by atoms with Gasteiger partial charge in [0.15, 0.2) is 0 Å². The van der Waals surface area contributed by atoms with Gasteiger partial charge in [-0.2, -0.15) is 13.2 Å². The molecule has 1 atom stereocenters. The molecular weight excluding hydrogens is 443 g/mol. The quantitative estimate of drug-likeness (QED) is 0.675. The van der Waals surface area contributed by atoms with Gasteiger partial charge in [0.2, 0.25) is 0 Å². The van der Waals surface area contributed by atoms with Gasteiger partial charge in [0, 0.05) is 52.5 Å². The van der Waals surface area contributed by atoms with Crippen molar-refractivity contribution in [2.24, 2.45) is 5.92 Å². The average molecular weight is 476 g/mol. The second kappa shape index (κ2) is 11.5. The van der Waals surface area contributed by atoms with Gasteiger partial charge in [-0.3, -0.25) is 4.90 Å². The van der Waals surface area contributed by atoms with Gasteiger partial charge in [-0.1, -0.05) is 12.1 Å². The van der Waals surface area contributed by atoms with Crippen LogP contribution in [-0.2, 0) is 25.5 Å². The lowest BCUT2D eigenvalue weighted by atomic mass is 9.84. The number of likely N-dealkylation sites (tertiary alicyclic amines) is 1. The van der Waals surface area contributed by atoms with Crippen molar-refractivity contribution in [1.82, 2.24) is 4.90 Å². The van der Waals surface area contributed by atoms with E-state index >= 15 is 0 Å². The van der Waals surface area contributed by atoms with E-state index in [1.165, 1.54) is 5.56 Å². The zero-order valence-electron chi connectivity index (χ0n) is 18.8. The SMILES string of the molecule is COc1cccc(CN2CC3(CC(OCC4CCOCC4)CCO3)C2)c1.O=C(O)C(F)(F)F. The molecule has 3 fully saturated rings. The van der Waals surface area contributed by atoms with Crippen molar-refractivity contribution in [2.45, 2.75) is 50.1 Å². The van der Waals surface area contributed by atoms with Crippen LogP contribution in [0.25, 0.3) is 0 Å². The Bertz CT molecular complexity index is 763. The highest BCUT2D eigenvalue weighted by Gasteiger charge is 2.47. The molecule has 3 aliphatic rings. The largest absolute Gasteiger partial charge is 0.497 e. The number of carboxylic acid groups (broad SMARTS) is 1. The number of nitrogens with zero attached hydrogens (tertiary/aromatic N) is 1. The fraction of sp³-hybridized carbons (Fsp3) is 0.696. The molecule has 0 bridgehead atoms. The van der Waals surface area contributed by atoms with Crippen molar-refractivity contribution in [3.8, 4) is 5.75 Å². The maximum Gasteiger partial charge on any atom is 0.490 e. The molecule has 0 aliphatic carbocycles. The highest BCUT2D eigenvalue weighted by Crippen LogP contribution is 2.36. The van der Waals surface area contributed by atoms with E-state index < -0.39 is 12.1 Å². The molecule has 186 valence electrons. The summed E-state index contributed by atoms with van der Waals surface area (Å²) in [6.45, 7) is 6.46. The van der Waals surface area contributed by atoms with Crippen molar-refractivity contribution in [3.63, 3.8) is 0 Å². The van der Waals surface area contributed by atoms with Crippen molar-refractivity contribution in [1.29, 1.82) is 0 Å². The summed E-state index contributed by atoms with van der Waals surface area (Å²) in [7, 11) is 1.72. The van der Waals surface area contributed by atoms with Gasteiger partial charge in [-0.25, -0.2) is 4.79 Å². The molecule has 0 aromatic heterocycles.